The molecule has 33 heavy (non-hydrogen) atoms. The molecule has 2 atom stereocenters. The monoisotopic (exact) mass is 480 g/mol. The highest BCUT2D eigenvalue weighted by molar-refractivity contribution is 6.31. The molecule has 2 aromatic rings. The number of halogens is 4. The van der Waals surface area contributed by atoms with Crippen LogP contribution in [0.5, 0.6) is 0 Å². The second kappa shape index (κ2) is 8.47. The van der Waals surface area contributed by atoms with Crippen molar-refractivity contribution in [3.63, 3.8) is 0 Å². The topological polar surface area (TPSA) is 108 Å². The Morgan fingerprint density at radius 2 is 2.00 bits per heavy atom. The van der Waals surface area contributed by atoms with Gasteiger partial charge in [-0.1, -0.05) is 11.6 Å². The Morgan fingerprint density at radius 1 is 1.24 bits per heavy atom. The van der Waals surface area contributed by atoms with Crippen LogP contribution in [0, 0.1) is 0 Å². The SMILES string of the molecule is O=C1CC[C@@H](N2Cc3cc(C(=O)NC(c4ncccc4Cl)C(F)(F)F)ccc3C2=O)C(=O)N1. The lowest BCUT2D eigenvalue weighted by Crippen LogP contribution is -2.52. The molecule has 1 aromatic carbocycles. The van der Waals surface area contributed by atoms with Crippen molar-refractivity contribution < 1.29 is 32.3 Å². The number of alkyl halides is 3. The number of fused-ring (bicyclic) bond motifs is 1. The van der Waals surface area contributed by atoms with Crippen LogP contribution in [0.1, 0.15) is 50.9 Å². The van der Waals surface area contributed by atoms with Crippen molar-refractivity contribution in [2.75, 3.05) is 0 Å². The van der Waals surface area contributed by atoms with Crippen LogP contribution < -0.4 is 10.6 Å². The Balaban J connectivity index is 1.56. The molecule has 1 unspecified atom stereocenters. The van der Waals surface area contributed by atoms with Gasteiger partial charge in [0, 0.05) is 30.3 Å². The molecule has 0 aliphatic carbocycles. The van der Waals surface area contributed by atoms with Crippen LogP contribution in [0.4, 0.5) is 13.2 Å². The molecule has 2 aliphatic heterocycles. The summed E-state index contributed by atoms with van der Waals surface area (Å²) >= 11 is 5.85. The largest absolute Gasteiger partial charge is 0.414 e. The standard InChI is InChI=1S/C21H16ClF3N4O4/c22-13-2-1-7-26-16(13)17(21(23,24)25)28-18(31)10-3-4-12-11(8-10)9-29(20(12)33)14-5-6-15(30)27-19(14)32/h1-4,7-8,14,17H,5-6,9H2,(H,28,31)(H,27,30,32)/t14-,17?/m1/s1. The first-order valence-electron chi connectivity index (χ1n) is 9.82. The number of carbonyl (C=O) groups is 4. The minimum atomic E-state index is -4.86. The molecule has 0 spiro atoms. The lowest BCUT2D eigenvalue weighted by atomic mass is 10.0. The normalized spacial score (nSPS) is 19.2. The number of carbonyl (C=O) groups excluding carboxylic acids is 4. The van der Waals surface area contributed by atoms with Crippen LogP contribution in [0.2, 0.25) is 5.02 Å². The Morgan fingerprint density at radius 3 is 2.67 bits per heavy atom. The molecule has 0 saturated carbocycles. The zero-order valence-electron chi connectivity index (χ0n) is 16.8. The summed E-state index contributed by atoms with van der Waals surface area (Å²) in [5.41, 5.74) is -0.0264. The van der Waals surface area contributed by atoms with Gasteiger partial charge in [-0.05, 0) is 42.3 Å². The summed E-state index contributed by atoms with van der Waals surface area (Å²) < 4.78 is 40.9. The van der Waals surface area contributed by atoms with E-state index in [2.05, 4.69) is 10.3 Å². The van der Waals surface area contributed by atoms with Crippen molar-refractivity contribution in [1.29, 1.82) is 0 Å². The summed E-state index contributed by atoms with van der Waals surface area (Å²) in [6.45, 7) is -0.0175. The average Bonchev–Trinajstić information content (AvgIpc) is 3.07. The summed E-state index contributed by atoms with van der Waals surface area (Å²) in [5.74, 6) is -2.51. The summed E-state index contributed by atoms with van der Waals surface area (Å²) in [5, 5.41) is 3.84. The van der Waals surface area contributed by atoms with Gasteiger partial charge in [0.2, 0.25) is 11.8 Å². The maximum Gasteiger partial charge on any atom is 0.414 e. The lowest BCUT2D eigenvalue weighted by molar-refractivity contribution is -0.156. The predicted octanol–water partition coefficient (Wildman–Crippen LogP) is 2.53. The molecule has 0 radical (unpaired) electrons. The van der Waals surface area contributed by atoms with Gasteiger partial charge in [0.1, 0.15) is 6.04 Å². The Bertz CT molecular complexity index is 1170. The highest BCUT2D eigenvalue weighted by Gasteiger charge is 2.44. The number of pyridine rings is 1. The van der Waals surface area contributed by atoms with E-state index in [1.807, 2.05) is 5.32 Å². The van der Waals surface area contributed by atoms with E-state index in [1.54, 1.807) is 0 Å². The van der Waals surface area contributed by atoms with Gasteiger partial charge >= 0.3 is 6.18 Å². The number of hydrogen-bond acceptors (Lipinski definition) is 5. The second-order valence-corrected chi connectivity index (χ2v) is 8.00. The molecule has 1 aromatic heterocycles. The van der Waals surface area contributed by atoms with Gasteiger partial charge in [-0.25, -0.2) is 0 Å². The molecule has 1 fully saturated rings. The number of piperidine rings is 1. The number of nitrogens with zero attached hydrogens (tertiary/aromatic N) is 2. The maximum absolute atomic E-state index is 13.6. The van der Waals surface area contributed by atoms with E-state index < -0.39 is 47.6 Å². The molecular formula is C21H16ClF3N4O4. The summed E-state index contributed by atoms with van der Waals surface area (Å²) in [6, 6.07) is 3.19. The van der Waals surface area contributed by atoms with Gasteiger partial charge in [0.25, 0.3) is 11.8 Å². The number of imide groups is 1. The first-order valence-corrected chi connectivity index (χ1v) is 10.2. The van der Waals surface area contributed by atoms with Crippen LogP contribution >= 0.6 is 11.6 Å². The van der Waals surface area contributed by atoms with Gasteiger partial charge in [-0.15, -0.1) is 0 Å². The summed E-state index contributed by atoms with van der Waals surface area (Å²) in [7, 11) is 0. The Labute approximate surface area is 190 Å². The van der Waals surface area contributed by atoms with Gasteiger partial charge in [0.05, 0.1) is 10.7 Å². The molecule has 172 valence electrons. The quantitative estimate of drug-likeness (QED) is 0.654. The van der Waals surface area contributed by atoms with Crippen LogP contribution in [0.15, 0.2) is 36.5 Å². The van der Waals surface area contributed by atoms with Crippen molar-refractivity contribution in [2.24, 2.45) is 0 Å². The van der Waals surface area contributed by atoms with Gasteiger partial charge in [-0.2, -0.15) is 13.2 Å². The fourth-order valence-electron chi connectivity index (χ4n) is 3.85. The van der Waals surface area contributed by atoms with Gasteiger partial charge in [0.15, 0.2) is 6.04 Å². The molecule has 4 amide bonds. The third kappa shape index (κ3) is 4.40. The van der Waals surface area contributed by atoms with Crippen molar-refractivity contribution in [2.45, 2.75) is 37.6 Å². The molecule has 3 heterocycles. The number of rotatable bonds is 4. The average molecular weight is 481 g/mol. The predicted molar refractivity (Wildman–Crippen MR) is 108 cm³/mol. The van der Waals surface area contributed by atoms with Crippen LogP contribution in [-0.2, 0) is 16.1 Å². The number of benzene rings is 1. The van der Waals surface area contributed by atoms with Crippen molar-refractivity contribution >= 4 is 35.2 Å². The smallest absolute Gasteiger partial charge is 0.335 e. The number of hydrogen-bond donors (Lipinski definition) is 2. The number of nitrogens with one attached hydrogen (secondary N) is 2. The van der Waals surface area contributed by atoms with E-state index in [4.69, 9.17) is 11.6 Å². The Hall–Kier alpha value is -3.47. The maximum atomic E-state index is 13.6. The first kappa shape index (κ1) is 22.7. The molecule has 2 N–H and O–H groups in total. The van der Waals surface area contributed by atoms with E-state index in [0.717, 1.165) is 6.20 Å². The third-order valence-corrected chi connectivity index (χ3v) is 5.77. The highest BCUT2D eigenvalue weighted by Crippen LogP contribution is 2.35. The fourth-order valence-corrected chi connectivity index (χ4v) is 4.08. The summed E-state index contributed by atoms with van der Waals surface area (Å²) in [4.78, 5) is 53.8. The van der Waals surface area contributed by atoms with Crippen LogP contribution in [-0.4, -0.2) is 45.7 Å². The zero-order valence-corrected chi connectivity index (χ0v) is 17.5. The second-order valence-electron chi connectivity index (χ2n) is 7.59. The van der Waals surface area contributed by atoms with Crippen LogP contribution in [0.25, 0.3) is 0 Å². The van der Waals surface area contributed by atoms with Crippen molar-refractivity contribution in [3.8, 4) is 0 Å². The highest BCUT2D eigenvalue weighted by atomic mass is 35.5. The zero-order chi connectivity index (χ0) is 23.9. The Kier molecular flexibility index (Phi) is 5.83. The molecule has 12 heteroatoms. The lowest BCUT2D eigenvalue weighted by Gasteiger charge is -2.29. The van der Waals surface area contributed by atoms with E-state index in [-0.39, 0.29) is 35.5 Å². The number of aromatic nitrogens is 1. The van der Waals surface area contributed by atoms with Gasteiger partial charge < -0.3 is 10.2 Å². The van der Waals surface area contributed by atoms with E-state index in [0.29, 0.717) is 5.56 Å². The number of amides is 4. The molecule has 8 nitrogen and oxygen atoms in total. The van der Waals surface area contributed by atoms with Gasteiger partial charge in [-0.3, -0.25) is 29.5 Å². The van der Waals surface area contributed by atoms with E-state index >= 15 is 0 Å². The molecule has 4 rings (SSSR count). The minimum Gasteiger partial charge on any atom is -0.335 e. The first-order chi connectivity index (χ1) is 15.6. The van der Waals surface area contributed by atoms with Crippen LogP contribution in [0.3, 0.4) is 0 Å². The molecule has 1 saturated heterocycles. The van der Waals surface area contributed by atoms with E-state index in [9.17, 15) is 32.3 Å². The third-order valence-electron chi connectivity index (χ3n) is 5.45. The molecule has 0 bridgehead atoms. The minimum absolute atomic E-state index is 0.0175. The van der Waals surface area contributed by atoms with E-state index in [1.165, 1.54) is 35.2 Å². The molecule has 2 aliphatic rings. The summed E-state index contributed by atoms with van der Waals surface area (Å²) in [6.07, 6.45) is -3.48. The van der Waals surface area contributed by atoms with Crippen molar-refractivity contribution in [3.05, 3.63) is 63.9 Å². The fraction of sp³-hybridized carbons (Fsp3) is 0.286. The van der Waals surface area contributed by atoms with Crippen molar-refractivity contribution in [1.82, 2.24) is 20.5 Å². The molecular weight excluding hydrogens is 465 g/mol.